The number of ether oxygens (including phenoxy) is 2. The third-order valence-corrected chi connectivity index (χ3v) is 4.28. The maximum Gasteiger partial charge on any atom is 0.255 e. The van der Waals surface area contributed by atoms with Gasteiger partial charge in [0, 0.05) is 28.7 Å². The Labute approximate surface area is 174 Å². The lowest BCUT2D eigenvalue weighted by Gasteiger charge is -2.12. The Morgan fingerprint density at radius 1 is 0.724 bits per heavy atom. The summed E-state index contributed by atoms with van der Waals surface area (Å²) in [6.45, 7) is 0. The molecule has 0 saturated carbocycles. The number of thiocarbonyl (C=S) groups is 1. The molecule has 0 saturated heterocycles. The van der Waals surface area contributed by atoms with E-state index >= 15 is 0 Å². The number of methoxy groups -OCH3 is 2. The third-order valence-electron chi connectivity index (χ3n) is 4.08. The molecule has 29 heavy (non-hydrogen) atoms. The van der Waals surface area contributed by atoms with E-state index in [0.29, 0.717) is 16.4 Å². The van der Waals surface area contributed by atoms with Crippen LogP contribution >= 0.6 is 12.2 Å². The fourth-order valence-corrected chi connectivity index (χ4v) is 2.81. The van der Waals surface area contributed by atoms with Gasteiger partial charge in [-0.05, 0) is 72.9 Å². The zero-order valence-corrected chi connectivity index (χ0v) is 16.9. The van der Waals surface area contributed by atoms with Crippen molar-refractivity contribution in [3.8, 4) is 11.5 Å². The Morgan fingerprint density at radius 3 is 1.97 bits per heavy atom. The molecule has 0 unspecified atom stereocenters. The van der Waals surface area contributed by atoms with Gasteiger partial charge in [0.05, 0.1) is 14.2 Å². The van der Waals surface area contributed by atoms with Crippen LogP contribution in [0.3, 0.4) is 0 Å². The van der Waals surface area contributed by atoms with E-state index in [1.807, 2.05) is 24.3 Å². The molecule has 0 aliphatic rings. The molecule has 0 spiro atoms. The lowest BCUT2D eigenvalue weighted by Crippen LogP contribution is -2.19. The van der Waals surface area contributed by atoms with Gasteiger partial charge in [-0.1, -0.05) is 6.07 Å². The molecule has 6 nitrogen and oxygen atoms in total. The highest BCUT2D eigenvalue weighted by Crippen LogP contribution is 2.18. The zero-order chi connectivity index (χ0) is 20.6. The number of anilines is 3. The van der Waals surface area contributed by atoms with Crippen LogP contribution in [0.1, 0.15) is 10.4 Å². The minimum atomic E-state index is -0.196. The quantitative estimate of drug-likeness (QED) is 0.512. The van der Waals surface area contributed by atoms with E-state index in [0.717, 1.165) is 22.9 Å². The first-order valence-corrected chi connectivity index (χ1v) is 9.26. The van der Waals surface area contributed by atoms with Gasteiger partial charge in [-0.2, -0.15) is 0 Å². The lowest BCUT2D eigenvalue weighted by molar-refractivity contribution is 0.102. The molecule has 0 fully saturated rings. The fourth-order valence-electron chi connectivity index (χ4n) is 2.58. The summed E-state index contributed by atoms with van der Waals surface area (Å²) in [4.78, 5) is 12.4. The molecule has 0 heterocycles. The second-order valence-electron chi connectivity index (χ2n) is 6.07. The summed E-state index contributed by atoms with van der Waals surface area (Å²) in [5.41, 5.74) is 2.82. The van der Waals surface area contributed by atoms with Gasteiger partial charge in [-0.3, -0.25) is 4.79 Å². The van der Waals surface area contributed by atoms with Crippen LogP contribution < -0.4 is 25.4 Å². The van der Waals surface area contributed by atoms with Gasteiger partial charge >= 0.3 is 0 Å². The number of benzene rings is 3. The average Bonchev–Trinajstić information content (AvgIpc) is 2.74. The van der Waals surface area contributed by atoms with E-state index in [-0.39, 0.29) is 5.91 Å². The predicted octanol–water partition coefficient (Wildman–Crippen LogP) is 4.77. The van der Waals surface area contributed by atoms with Crippen molar-refractivity contribution in [2.75, 3.05) is 30.2 Å². The van der Waals surface area contributed by atoms with E-state index in [2.05, 4.69) is 16.0 Å². The summed E-state index contributed by atoms with van der Waals surface area (Å²) in [5.74, 6) is 1.28. The van der Waals surface area contributed by atoms with E-state index in [1.165, 1.54) is 0 Å². The van der Waals surface area contributed by atoms with Crippen LogP contribution in [0.4, 0.5) is 17.1 Å². The highest BCUT2D eigenvalue weighted by atomic mass is 32.1. The van der Waals surface area contributed by atoms with Gasteiger partial charge in [-0.25, -0.2) is 0 Å². The summed E-state index contributed by atoms with van der Waals surface area (Å²) in [5, 5.41) is 9.47. The molecule has 3 N–H and O–H groups in total. The molecule has 0 aromatic heterocycles. The molecule has 0 aliphatic heterocycles. The molecule has 3 aromatic carbocycles. The Balaban J connectivity index is 1.57. The minimum absolute atomic E-state index is 0.196. The molecule has 0 atom stereocenters. The maximum atomic E-state index is 12.4. The lowest BCUT2D eigenvalue weighted by atomic mass is 10.2. The third kappa shape index (κ3) is 5.70. The average molecular weight is 407 g/mol. The fraction of sp³-hybridized carbons (Fsp3) is 0.0909. The first-order valence-electron chi connectivity index (χ1n) is 8.85. The number of carbonyl (C=O) groups excluding carboxylic acids is 1. The SMILES string of the molecule is COc1ccc(NC(=O)c2ccc(NC(=S)Nc3cccc(OC)c3)cc2)cc1. The second-order valence-corrected chi connectivity index (χ2v) is 6.48. The summed E-state index contributed by atoms with van der Waals surface area (Å²) in [6.07, 6.45) is 0. The van der Waals surface area contributed by atoms with E-state index in [1.54, 1.807) is 62.8 Å². The highest BCUT2D eigenvalue weighted by Gasteiger charge is 2.07. The number of nitrogens with one attached hydrogen (secondary N) is 3. The van der Waals surface area contributed by atoms with Crippen molar-refractivity contribution in [2.45, 2.75) is 0 Å². The molecule has 0 bridgehead atoms. The van der Waals surface area contributed by atoms with Crippen LogP contribution in [-0.2, 0) is 0 Å². The zero-order valence-electron chi connectivity index (χ0n) is 16.1. The summed E-state index contributed by atoms with van der Waals surface area (Å²) >= 11 is 5.34. The Bertz CT molecular complexity index is 989. The van der Waals surface area contributed by atoms with Crippen molar-refractivity contribution >= 4 is 40.3 Å². The van der Waals surface area contributed by atoms with Crippen molar-refractivity contribution in [1.29, 1.82) is 0 Å². The van der Waals surface area contributed by atoms with Crippen LogP contribution in [-0.4, -0.2) is 25.2 Å². The minimum Gasteiger partial charge on any atom is -0.497 e. The van der Waals surface area contributed by atoms with Gasteiger partial charge in [0.1, 0.15) is 11.5 Å². The van der Waals surface area contributed by atoms with E-state index < -0.39 is 0 Å². The van der Waals surface area contributed by atoms with Crippen molar-refractivity contribution in [2.24, 2.45) is 0 Å². The van der Waals surface area contributed by atoms with Crippen LogP contribution in [0.25, 0.3) is 0 Å². The highest BCUT2D eigenvalue weighted by molar-refractivity contribution is 7.80. The van der Waals surface area contributed by atoms with Gasteiger partial charge < -0.3 is 25.4 Å². The molecule has 3 aromatic rings. The first-order chi connectivity index (χ1) is 14.1. The Kier molecular flexibility index (Phi) is 6.65. The number of hydrogen-bond acceptors (Lipinski definition) is 4. The molecule has 0 aliphatic carbocycles. The van der Waals surface area contributed by atoms with Crippen LogP contribution in [0.15, 0.2) is 72.8 Å². The van der Waals surface area contributed by atoms with Crippen LogP contribution in [0.2, 0.25) is 0 Å². The monoisotopic (exact) mass is 407 g/mol. The maximum absolute atomic E-state index is 12.4. The molecular formula is C22H21N3O3S. The van der Waals surface area contributed by atoms with Gasteiger partial charge in [-0.15, -0.1) is 0 Å². The molecular weight excluding hydrogens is 386 g/mol. The second kappa shape index (κ2) is 9.57. The van der Waals surface area contributed by atoms with Gasteiger partial charge in [0.2, 0.25) is 0 Å². The van der Waals surface area contributed by atoms with Gasteiger partial charge in [0.25, 0.3) is 5.91 Å². The predicted molar refractivity (Wildman–Crippen MR) is 120 cm³/mol. The molecule has 0 radical (unpaired) electrons. The largest absolute Gasteiger partial charge is 0.497 e. The van der Waals surface area contributed by atoms with Crippen molar-refractivity contribution in [1.82, 2.24) is 0 Å². The summed E-state index contributed by atoms with van der Waals surface area (Å²) < 4.78 is 10.3. The first kappa shape index (κ1) is 20.2. The Hall–Kier alpha value is -3.58. The van der Waals surface area contributed by atoms with E-state index in [9.17, 15) is 4.79 Å². The van der Waals surface area contributed by atoms with Crippen LogP contribution in [0, 0.1) is 0 Å². The van der Waals surface area contributed by atoms with Crippen LogP contribution in [0.5, 0.6) is 11.5 Å². The van der Waals surface area contributed by atoms with E-state index in [4.69, 9.17) is 21.7 Å². The number of rotatable bonds is 6. The number of hydrogen-bond donors (Lipinski definition) is 3. The Morgan fingerprint density at radius 2 is 1.31 bits per heavy atom. The molecule has 148 valence electrons. The van der Waals surface area contributed by atoms with Crippen molar-refractivity contribution < 1.29 is 14.3 Å². The summed E-state index contributed by atoms with van der Waals surface area (Å²) in [6, 6.07) is 21.7. The van der Waals surface area contributed by atoms with Crippen molar-refractivity contribution in [3.05, 3.63) is 78.4 Å². The normalized spacial score (nSPS) is 10.0. The smallest absolute Gasteiger partial charge is 0.255 e. The molecule has 3 rings (SSSR count). The molecule has 1 amide bonds. The number of amides is 1. The number of carbonyl (C=O) groups is 1. The standard InChI is InChI=1S/C22H21N3O3S/c1-27-19-12-10-16(11-13-19)23-21(26)15-6-8-17(9-7-15)24-22(29)25-18-4-3-5-20(14-18)28-2/h3-14H,1-2H3,(H,23,26)(H2,24,25,29). The van der Waals surface area contributed by atoms with Gasteiger partial charge in [0.15, 0.2) is 5.11 Å². The summed E-state index contributed by atoms with van der Waals surface area (Å²) in [7, 11) is 3.21. The van der Waals surface area contributed by atoms with Crippen molar-refractivity contribution in [3.63, 3.8) is 0 Å². The topological polar surface area (TPSA) is 71.6 Å². The molecule has 7 heteroatoms.